The zero-order valence-electron chi connectivity index (χ0n) is 6.84. The molecular weight excluding hydrogens is 186 g/mol. The van der Waals surface area contributed by atoms with Gasteiger partial charge in [0, 0.05) is 23.5 Å². The van der Waals surface area contributed by atoms with Crippen LogP contribution in [0.25, 0.3) is 0 Å². The molecule has 6 heteroatoms. The van der Waals surface area contributed by atoms with Gasteiger partial charge in [-0.15, -0.1) is 0 Å². The molecule has 2 rings (SSSR count). The Hall–Kier alpha value is -1.40. The maximum atomic E-state index is 5.22. The first-order valence-corrected chi connectivity index (χ1v) is 4.57. The van der Waals surface area contributed by atoms with Crippen molar-refractivity contribution in [1.29, 1.82) is 0 Å². The van der Waals surface area contributed by atoms with E-state index in [-0.39, 0.29) is 0 Å². The number of hydrogen-bond donors (Lipinski definition) is 2. The fourth-order valence-corrected chi connectivity index (χ4v) is 1.74. The molecule has 68 valence electrons. The zero-order chi connectivity index (χ0) is 9.10. The largest absolute Gasteiger partial charge is 0.332 e. The van der Waals surface area contributed by atoms with Crippen LogP contribution in [-0.4, -0.2) is 14.5 Å². The Balaban J connectivity index is 2.10. The van der Waals surface area contributed by atoms with Crippen LogP contribution in [0.15, 0.2) is 24.9 Å². The van der Waals surface area contributed by atoms with Crippen LogP contribution in [0.1, 0.15) is 4.88 Å². The summed E-state index contributed by atoms with van der Waals surface area (Å²) in [6, 6.07) is 0. The van der Waals surface area contributed by atoms with Gasteiger partial charge in [-0.3, -0.25) is 5.43 Å². The van der Waals surface area contributed by atoms with Crippen LogP contribution in [0.5, 0.6) is 0 Å². The number of thiazole rings is 1. The van der Waals surface area contributed by atoms with E-state index in [0.29, 0.717) is 0 Å². The van der Waals surface area contributed by atoms with E-state index >= 15 is 0 Å². The van der Waals surface area contributed by atoms with Gasteiger partial charge in [0.1, 0.15) is 0 Å². The summed E-state index contributed by atoms with van der Waals surface area (Å²) in [7, 11) is 0. The molecule has 0 saturated heterocycles. The van der Waals surface area contributed by atoms with E-state index < -0.39 is 0 Å². The van der Waals surface area contributed by atoms with Gasteiger partial charge in [-0.1, -0.05) is 11.3 Å². The number of hydrazine groups is 1. The summed E-state index contributed by atoms with van der Waals surface area (Å²) in [6.07, 6.45) is 7.24. The average Bonchev–Trinajstić information content (AvgIpc) is 2.76. The minimum absolute atomic E-state index is 0.732. The molecule has 0 saturated carbocycles. The van der Waals surface area contributed by atoms with Crippen molar-refractivity contribution in [2.45, 2.75) is 6.54 Å². The molecular formula is C7H9N5S. The lowest BCUT2D eigenvalue weighted by molar-refractivity contribution is 0.808. The Kier molecular flexibility index (Phi) is 2.24. The monoisotopic (exact) mass is 195 g/mol. The van der Waals surface area contributed by atoms with Crippen LogP contribution in [0, 0.1) is 0 Å². The maximum Gasteiger partial charge on any atom is 0.197 e. The van der Waals surface area contributed by atoms with Crippen molar-refractivity contribution in [2.75, 3.05) is 5.43 Å². The molecule has 0 fully saturated rings. The van der Waals surface area contributed by atoms with Gasteiger partial charge in [0.15, 0.2) is 5.13 Å². The molecule has 0 bridgehead atoms. The number of imidazole rings is 1. The van der Waals surface area contributed by atoms with E-state index in [1.165, 1.54) is 11.3 Å². The molecule has 2 heterocycles. The van der Waals surface area contributed by atoms with Gasteiger partial charge in [0.05, 0.1) is 12.9 Å². The van der Waals surface area contributed by atoms with Crippen molar-refractivity contribution in [3.05, 3.63) is 29.8 Å². The molecule has 5 nitrogen and oxygen atoms in total. The number of hydrogen-bond acceptors (Lipinski definition) is 5. The number of anilines is 1. The first-order chi connectivity index (χ1) is 6.38. The molecule has 0 spiro atoms. The predicted octanol–water partition coefficient (Wildman–Crippen LogP) is 0.673. The molecule has 0 aliphatic carbocycles. The van der Waals surface area contributed by atoms with Crippen LogP contribution in [0.2, 0.25) is 0 Å². The van der Waals surface area contributed by atoms with Crippen molar-refractivity contribution in [1.82, 2.24) is 14.5 Å². The molecule has 0 aromatic carbocycles. The highest BCUT2D eigenvalue weighted by atomic mass is 32.1. The van der Waals surface area contributed by atoms with E-state index in [2.05, 4.69) is 15.4 Å². The molecule has 2 aromatic heterocycles. The zero-order valence-corrected chi connectivity index (χ0v) is 7.66. The van der Waals surface area contributed by atoms with Crippen molar-refractivity contribution in [3.8, 4) is 0 Å². The lowest BCUT2D eigenvalue weighted by atomic mass is 10.5. The van der Waals surface area contributed by atoms with Gasteiger partial charge in [-0.25, -0.2) is 15.8 Å². The van der Waals surface area contributed by atoms with Gasteiger partial charge >= 0.3 is 0 Å². The van der Waals surface area contributed by atoms with Gasteiger partial charge in [0.2, 0.25) is 0 Å². The van der Waals surface area contributed by atoms with E-state index in [1.807, 2.05) is 10.8 Å². The number of nitrogen functional groups attached to an aromatic ring is 1. The Morgan fingerprint density at radius 3 is 3.15 bits per heavy atom. The molecule has 0 atom stereocenters. The SMILES string of the molecule is NNc1ncc(Cn2ccnc2)s1. The quantitative estimate of drug-likeness (QED) is 0.558. The molecule has 0 amide bonds. The third-order valence-electron chi connectivity index (χ3n) is 1.57. The van der Waals surface area contributed by atoms with Crippen molar-refractivity contribution in [3.63, 3.8) is 0 Å². The van der Waals surface area contributed by atoms with Gasteiger partial charge in [-0.05, 0) is 0 Å². The van der Waals surface area contributed by atoms with Crippen LogP contribution in [-0.2, 0) is 6.54 Å². The Labute approximate surface area is 79.2 Å². The lowest BCUT2D eigenvalue weighted by Crippen LogP contribution is -2.05. The summed E-state index contributed by atoms with van der Waals surface area (Å²) in [4.78, 5) is 9.16. The Bertz CT molecular complexity index is 366. The fraction of sp³-hybridized carbons (Fsp3) is 0.143. The molecule has 13 heavy (non-hydrogen) atoms. The number of nitrogens with one attached hydrogen (secondary N) is 1. The second-order valence-electron chi connectivity index (χ2n) is 2.51. The molecule has 0 aliphatic rings. The summed E-state index contributed by atoms with van der Waals surface area (Å²) in [5.74, 6) is 5.22. The fourth-order valence-electron chi connectivity index (χ4n) is 1.01. The minimum Gasteiger partial charge on any atom is -0.332 e. The second kappa shape index (κ2) is 3.55. The first-order valence-electron chi connectivity index (χ1n) is 3.75. The summed E-state index contributed by atoms with van der Waals surface area (Å²) >= 11 is 1.54. The third kappa shape index (κ3) is 1.85. The van der Waals surface area contributed by atoms with Crippen LogP contribution in [0.4, 0.5) is 5.13 Å². The summed E-state index contributed by atoms with van der Waals surface area (Å²) in [6.45, 7) is 0.791. The van der Waals surface area contributed by atoms with E-state index in [0.717, 1.165) is 16.6 Å². The summed E-state index contributed by atoms with van der Waals surface area (Å²) < 4.78 is 1.98. The van der Waals surface area contributed by atoms with Crippen molar-refractivity contribution < 1.29 is 0 Å². The van der Waals surface area contributed by atoms with Gasteiger partial charge in [-0.2, -0.15) is 0 Å². The topological polar surface area (TPSA) is 68.8 Å². The predicted molar refractivity (Wildman–Crippen MR) is 51.3 cm³/mol. The number of aromatic nitrogens is 3. The number of nitrogens with two attached hydrogens (primary N) is 1. The molecule has 3 N–H and O–H groups in total. The first kappa shape index (κ1) is 8.21. The van der Waals surface area contributed by atoms with Crippen LogP contribution < -0.4 is 11.3 Å². The highest BCUT2D eigenvalue weighted by molar-refractivity contribution is 7.15. The molecule has 0 aliphatic heterocycles. The highest BCUT2D eigenvalue weighted by Gasteiger charge is 2.00. The molecule has 2 aromatic rings. The summed E-state index contributed by atoms with van der Waals surface area (Å²) in [5.41, 5.74) is 2.51. The summed E-state index contributed by atoms with van der Waals surface area (Å²) in [5, 5.41) is 0.732. The average molecular weight is 195 g/mol. The Morgan fingerprint density at radius 1 is 1.62 bits per heavy atom. The molecule has 0 radical (unpaired) electrons. The number of rotatable bonds is 3. The Morgan fingerprint density at radius 2 is 2.54 bits per heavy atom. The lowest BCUT2D eigenvalue weighted by Gasteiger charge is -1.95. The maximum absolute atomic E-state index is 5.22. The number of nitrogens with zero attached hydrogens (tertiary/aromatic N) is 3. The van der Waals surface area contributed by atoms with Crippen molar-refractivity contribution >= 4 is 16.5 Å². The van der Waals surface area contributed by atoms with Crippen molar-refractivity contribution in [2.24, 2.45) is 5.84 Å². The highest BCUT2D eigenvalue weighted by Crippen LogP contribution is 2.17. The minimum atomic E-state index is 0.732. The standard InChI is InChI=1S/C7H9N5S/c8-11-7-10-3-6(13-7)4-12-2-1-9-5-12/h1-3,5H,4,8H2,(H,10,11). The smallest absolute Gasteiger partial charge is 0.197 e. The second-order valence-corrected chi connectivity index (χ2v) is 3.63. The van der Waals surface area contributed by atoms with Crippen LogP contribution >= 0.6 is 11.3 Å². The molecule has 0 unspecified atom stereocenters. The normalized spacial score (nSPS) is 10.2. The van der Waals surface area contributed by atoms with Crippen LogP contribution in [0.3, 0.4) is 0 Å². The third-order valence-corrected chi connectivity index (χ3v) is 2.49. The van der Waals surface area contributed by atoms with E-state index in [4.69, 9.17) is 5.84 Å². The van der Waals surface area contributed by atoms with Gasteiger partial charge < -0.3 is 4.57 Å². The van der Waals surface area contributed by atoms with E-state index in [9.17, 15) is 0 Å². The van der Waals surface area contributed by atoms with E-state index in [1.54, 1.807) is 18.7 Å². The van der Waals surface area contributed by atoms with Gasteiger partial charge in [0.25, 0.3) is 0 Å².